The van der Waals surface area contributed by atoms with E-state index in [1.54, 1.807) is 0 Å². The van der Waals surface area contributed by atoms with E-state index < -0.39 is 0 Å². The maximum Gasteiger partial charge on any atom is 0.338 e. The molecule has 0 atom stereocenters. The van der Waals surface area contributed by atoms with Crippen molar-refractivity contribution in [1.29, 1.82) is 0 Å². The SMILES string of the molecule is CCOC(=O)c1ccc(Cc2c[nH]c(-c3ccccc3)c2-c2ccccc2)cc1. The van der Waals surface area contributed by atoms with Crippen LogP contribution >= 0.6 is 0 Å². The zero-order valence-electron chi connectivity index (χ0n) is 16.4. The van der Waals surface area contributed by atoms with Crippen LogP contribution in [0.1, 0.15) is 28.4 Å². The van der Waals surface area contributed by atoms with Crippen molar-refractivity contribution in [3.8, 4) is 22.4 Å². The minimum Gasteiger partial charge on any atom is -0.462 e. The molecule has 4 aromatic rings. The van der Waals surface area contributed by atoms with Gasteiger partial charge in [-0.2, -0.15) is 0 Å². The fraction of sp³-hybridized carbons (Fsp3) is 0.115. The van der Waals surface area contributed by atoms with E-state index in [2.05, 4.69) is 59.7 Å². The van der Waals surface area contributed by atoms with Crippen LogP contribution in [0.3, 0.4) is 0 Å². The molecule has 3 nitrogen and oxygen atoms in total. The smallest absolute Gasteiger partial charge is 0.338 e. The standard InChI is InChI=1S/C26H23NO2/c1-2-29-26(28)22-15-13-19(14-16-22)17-23-18-27-25(21-11-7-4-8-12-21)24(23)20-9-5-3-6-10-20/h3-16,18,27H,2,17H2,1H3. The van der Waals surface area contributed by atoms with Gasteiger partial charge in [-0.3, -0.25) is 0 Å². The average molecular weight is 381 g/mol. The van der Waals surface area contributed by atoms with Crippen LogP contribution in [-0.4, -0.2) is 17.6 Å². The first-order valence-corrected chi connectivity index (χ1v) is 9.83. The Morgan fingerprint density at radius 2 is 1.45 bits per heavy atom. The second-order valence-corrected chi connectivity index (χ2v) is 6.89. The van der Waals surface area contributed by atoms with Crippen molar-refractivity contribution < 1.29 is 9.53 Å². The number of H-pyrrole nitrogens is 1. The molecule has 29 heavy (non-hydrogen) atoms. The van der Waals surface area contributed by atoms with Gasteiger partial charge in [0.15, 0.2) is 0 Å². The second kappa shape index (κ2) is 8.61. The number of ether oxygens (including phenoxy) is 1. The first-order valence-electron chi connectivity index (χ1n) is 9.83. The summed E-state index contributed by atoms with van der Waals surface area (Å²) in [6.07, 6.45) is 2.86. The van der Waals surface area contributed by atoms with E-state index >= 15 is 0 Å². The first-order chi connectivity index (χ1) is 14.3. The molecule has 0 unspecified atom stereocenters. The molecule has 1 N–H and O–H groups in total. The van der Waals surface area contributed by atoms with Gasteiger partial charge in [0, 0.05) is 11.8 Å². The highest BCUT2D eigenvalue weighted by Gasteiger charge is 2.15. The summed E-state index contributed by atoms with van der Waals surface area (Å²) in [4.78, 5) is 15.4. The molecule has 0 aliphatic carbocycles. The van der Waals surface area contributed by atoms with E-state index in [0.717, 1.165) is 23.2 Å². The molecule has 0 aliphatic rings. The van der Waals surface area contributed by atoms with Crippen LogP contribution in [0.4, 0.5) is 0 Å². The Morgan fingerprint density at radius 3 is 2.07 bits per heavy atom. The van der Waals surface area contributed by atoms with Gasteiger partial charge in [0.25, 0.3) is 0 Å². The van der Waals surface area contributed by atoms with E-state index in [1.807, 2.05) is 43.3 Å². The Balaban J connectivity index is 1.69. The van der Waals surface area contributed by atoms with Gasteiger partial charge in [0.05, 0.1) is 17.9 Å². The molecule has 0 spiro atoms. The molecule has 0 aliphatic heterocycles. The van der Waals surface area contributed by atoms with E-state index in [-0.39, 0.29) is 5.97 Å². The summed E-state index contributed by atoms with van der Waals surface area (Å²) in [5, 5.41) is 0. The quantitative estimate of drug-likeness (QED) is 0.409. The Kier molecular flexibility index (Phi) is 5.57. The Hall–Kier alpha value is -3.59. The molecule has 0 radical (unpaired) electrons. The van der Waals surface area contributed by atoms with E-state index in [4.69, 9.17) is 4.74 Å². The van der Waals surface area contributed by atoms with Gasteiger partial charge in [-0.15, -0.1) is 0 Å². The van der Waals surface area contributed by atoms with Gasteiger partial charge >= 0.3 is 5.97 Å². The maximum absolute atomic E-state index is 11.9. The van der Waals surface area contributed by atoms with E-state index in [9.17, 15) is 4.79 Å². The number of benzene rings is 3. The van der Waals surface area contributed by atoms with Crippen molar-refractivity contribution in [2.75, 3.05) is 6.61 Å². The highest BCUT2D eigenvalue weighted by Crippen LogP contribution is 2.35. The molecule has 1 aromatic heterocycles. The average Bonchev–Trinajstić information content (AvgIpc) is 3.19. The molecule has 0 fully saturated rings. The predicted molar refractivity (Wildman–Crippen MR) is 117 cm³/mol. The second-order valence-electron chi connectivity index (χ2n) is 6.89. The highest BCUT2D eigenvalue weighted by molar-refractivity contribution is 5.89. The molecule has 0 saturated heterocycles. The lowest BCUT2D eigenvalue weighted by atomic mass is 9.94. The summed E-state index contributed by atoms with van der Waals surface area (Å²) in [5.41, 5.74) is 7.63. The van der Waals surface area contributed by atoms with Crippen LogP contribution in [-0.2, 0) is 11.2 Å². The summed E-state index contributed by atoms with van der Waals surface area (Å²) >= 11 is 0. The molecular formula is C26H23NO2. The lowest BCUT2D eigenvalue weighted by molar-refractivity contribution is 0.0526. The molecular weight excluding hydrogens is 358 g/mol. The van der Waals surface area contributed by atoms with Crippen molar-refractivity contribution in [1.82, 2.24) is 4.98 Å². The molecule has 3 heteroatoms. The van der Waals surface area contributed by atoms with Crippen LogP contribution in [0.15, 0.2) is 91.1 Å². The van der Waals surface area contributed by atoms with Crippen LogP contribution in [0.5, 0.6) is 0 Å². The van der Waals surface area contributed by atoms with Crippen molar-refractivity contribution in [2.45, 2.75) is 13.3 Å². The third-order valence-electron chi connectivity index (χ3n) is 4.95. The Bertz CT molecular complexity index is 1080. The fourth-order valence-electron chi connectivity index (χ4n) is 3.56. The van der Waals surface area contributed by atoms with Gasteiger partial charge in [-0.1, -0.05) is 72.8 Å². The molecule has 144 valence electrons. The van der Waals surface area contributed by atoms with Crippen molar-refractivity contribution in [2.24, 2.45) is 0 Å². The number of rotatable bonds is 6. The first kappa shape index (κ1) is 18.8. The minimum atomic E-state index is -0.281. The van der Waals surface area contributed by atoms with Crippen molar-refractivity contribution >= 4 is 5.97 Å². The number of carbonyl (C=O) groups excluding carboxylic acids is 1. The minimum absolute atomic E-state index is 0.281. The summed E-state index contributed by atoms with van der Waals surface area (Å²) in [6, 6.07) is 28.5. The number of esters is 1. The van der Waals surface area contributed by atoms with Gasteiger partial charge in [0.2, 0.25) is 0 Å². The summed E-state index contributed by atoms with van der Waals surface area (Å²) in [5.74, 6) is -0.281. The third kappa shape index (κ3) is 4.14. The normalized spacial score (nSPS) is 10.7. The number of hydrogen-bond donors (Lipinski definition) is 1. The Morgan fingerprint density at radius 1 is 0.828 bits per heavy atom. The van der Waals surface area contributed by atoms with Crippen LogP contribution in [0.25, 0.3) is 22.4 Å². The van der Waals surface area contributed by atoms with Gasteiger partial charge in [0.1, 0.15) is 0 Å². The molecule has 0 bridgehead atoms. The predicted octanol–water partition coefficient (Wildman–Crippen LogP) is 6.12. The van der Waals surface area contributed by atoms with Gasteiger partial charge < -0.3 is 9.72 Å². The van der Waals surface area contributed by atoms with Crippen LogP contribution < -0.4 is 0 Å². The van der Waals surface area contributed by atoms with Crippen molar-refractivity contribution in [3.63, 3.8) is 0 Å². The highest BCUT2D eigenvalue weighted by atomic mass is 16.5. The van der Waals surface area contributed by atoms with Crippen LogP contribution in [0.2, 0.25) is 0 Å². The van der Waals surface area contributed by atoms with E-state index in [0.29, 0.717) is 12.2 Å². The van der Waals surface area contributed by atoms with Gasteiger partial charge in [-0.25, -0.2) is 4.79 Å². The monoisotopic (exact) mass is 381 g/mol. The molecule has 1 heterocycles. The number of carbonyl (C=O) groups is 1. The summed E-state index contributed by atoms with van der Waals surface area (Å²) < 4.78 is 5.07. The number of aromatic amines is 1. The number of hydrogen-bond acceptors (Lipinski definition) is 2. The zero-order chi connectivity index (χ0) is 20.1. The topological polar surface area (TPSA) is 42.1 Å². The lowest BCUT2D eigenvalue weighted by Gasteiger charge is -2.09. The molecule has 4 rings (SSSR count). The molecule has 3 aromatic carbocycles. The number of aromatic nitrogens is 1. The summed E-state index contributed by atoms with van der Waals surface area (Å²) in [6.45, 7) is 2.19. The Labute approximate surface area is 171 Å². The summed E-state index contributed by atoms with van der Waals surface area (Å²) in [7, 11) is 0. The molecule has 0 amide bonds. The fourth-order valence-corrected chi connectivity index (χ4v) is 3.56. The molecule has 0 saturated carbocycles. The number of nitrogens with one attached hydrogen (secondary N) is 1. The van der Waals surface area contributed by atoms with Crippen LogP contribution in [0, 0.1) is 0 Å². The largest absolute Gasteiger partial charge is 0.462 e. The maximum atomic E-state index is 11.9. The lowest BCUT2D eigenvalue weighted by Crippen LogP contribution is -2.04. The van der Waals surface area contributed by atoms with E-state index in [1.165, 1.54) is 16.7 Å². The van der Waals surface area contributed by atoms with Gasteiger partial charge in [-0.05, 0) is 47.7 Å². The zero-order valence-corrected chi connectivity index (χ0v) is 16.4. The van der Waals surface area contributed by atoms with Crippen molar-refractivity contribution in [3.05, 3.63) is 108 Å². The third-order valence-corrected chi connectivity index (χ3v) is 4.95.